The Kier molecular flexibility index (Phi) is 1.60. The van der Waals surface area contributed by atoms with E-state index in [9.17, 15) is 4.79 Å². The zero-order valence-electron chi connectivity index (χ0n) is 4.65. The highest BCUT2D eigenvalue weighted by Gasteiger charge is 2.05. The number of hydrogen-bond donors (Lipinski definition) is 1. The van der Waals surface area contributed by atoms with Crippen LogP contribution in [0, 0.1) is 0 Å². The summed E-state index contributed by atoms with van der Waals surface area (Å²) in [4.78, 5) is 10.00. The van der Waals surface area contributed by atoms with E-state index >= 15 is 0 Å². The average molecular weight is 126 g/mol. The Morgan fingerprint density at radius 1 is 1.89 bits per heavy atom. The van der Waals surface area contributed by atoms with Crippen LogP contribution in [0.2, 0.25) is 0 Å². The lowest BCUT2D eigenvalue weighted by Gasteiger charge is -1.92. The average Bonchev–Trinajstić information content (AvgIpc) is 2.37. The number of hydrogen-bond acceptors (Lipinski definition) is 4. The Labute approximate surface area is 51.6 Å². The van der Waals surface area contributed by atoms with Crippen LogP contribution >= 0.6 is 0 Å². The maximum absolute atomic E-state index is 10.00. The fourth-order valence-corrected chi connectivity index (χ4v) is 0.464. The number of nitrogens with two attached hydrogens (primary N) is 1. The van der Waals surface area contributed by atoms with Crippen LogP contribution in [0.15, 0.2) is 16.9 Å². The number of aldehydes is 1. The monoisotopic (exact) mass is 126 g/mol. The molecule has 0 aliphatic heterocycles. The van der Waals surface area contributed by atoms with Gasteiger partial charge in [0.2, 0.25) is 0 Å². The molecule has 0 saturated carbocycles. The van der Waals surface area contributed by atoms with Crippen molar-refractivity contribution in [1.29, 1.82) is 0 Å². The van der Waals surface area contributed by atoms with Crippen LogP contribution in [-0.4, -0.2) is 11.4 Å². The first kappa shape index (κ1) is 5.97. The molecule has 0 unspecified atom stereocenters. The molecule has 0 fully saturated rings. The minimum absolute atomic E-state index is 0.463. The van der Waals surface area contributed by atoms with Crippen molar-refractivity contribution < 1.29 is 9.32 Å². The minimum atomic E-state index is -0.649. The third-order valence-corrected chi connectivity index (χ3v) is 0.946. The molecule has 0 aromatic carbocycles. The van der Waals surface area contributed by atoms with Crippen molar-refractivity contribution in [2.45, 2.75) is 6.04 Å². The first-order chi connectivity index (χ1) is 4.34. The molecule has 1 rings (SSSR count). The Morgan fingerprint density at radius 2 is 2.67 bits per heavy atom. The van der Waals surface area contributed by atoms with Crippen LogP contribution in [0.1, 0.15) is 11.7 Å². The number of carbonyl (C=O) groups is 1. The van der Waals surface area contributed by atoms with Gasteiger partial charge in [-0.15, -0.1) is 0 Å². The van der Waals surface area contributed by atoms with Gasteiger partial charge in [0.15, 0.2) is 0 Å². The Morgan fingerprint density at radius 3 is 3.11 bits per heavy atom. The number of carbonyl (C=O) groups excluding carboxylic acids is 1. The van der Waals surface area contributed by atoms with Gasteiger partial charge in [-0.05, 0) is 0 Å². The number of rotatable bonds is 2. The second kappa shape index (κ2) is 2.41. The molecule has 0 amide bonds. The van der Waals surface area contributed by atoms with Gasteiger partial charge in [-0.25, -0.2) is 0 Å². The Bertz CT molecular complexity index is 183. The molecule has 1 heterocycles. The van der Waals surface area contributed by atoms with Crippen LogP contribution < -0.4 is 5.73 Å². The van der Waals surface area contributed by atoms with Gasteiger partial charge in [0.25, 0.3) is 0 Å². The summed E-state index contributed by atoms with van der Waals surface area (Å²) in [7, 11) is 0. The zero-order valence-corrected chi connectivity index (χ0v) is 4.65. The van der Waals surface area contributed by atoms with Gasteiger partial charge < -0.3 is 15.1 Å². The summed E-state index contributed by atoms with van der Waals surface area (Å²) in [6.07, 6.45) is 1.98. The predicted octanol–water partition coefficient (Wildman–Crippen LogP) is -0.127. The van der Waals surface area contributed by atoms with E-state index in [1.807, 2.05) is 0 Å². The number of nitrogens with zero attached hydrogens (tertiary/aromatic N) is 1. The van der Waals surface area contributed by atoms with Gasteiger partial charge in [0.1, 0.15) is 24.3 Å². The van der Waals surface area contributed by atoms with Crippen LogP contribution in [0.3, 0.4) is 0 Å². The first-order valence-corrected chi connectivity index (χ1v) is 2.45. The lowest BCUT2D eigenvalue weighted by Crippen LogP contribution is -2.11. The molecule has 48 valence electrons. The van der Waals surface area contributed by atoms with E-state index < -0.39 is 6.04 Å². The van der Waals surface area contributed by atoms with Crippen molar-refractivity contribution in [3.05, 3.63) is 18.0 Å². The van der Waals surface area contributed by atoms with E-state index in [0.717, 1.165) is 0 Å². The fraction of sp³-hybridized carbons (Fsp3) is 0.200. The lowest BCUT2D eigenvalue weighted by molar-refractivity contribution is -0.109. The molecule has 4 nitrogen and oxygen atoms in total. The molecule has 0 bridgehead atoms. The summed E-state index contributed by atoms with van der Waals surface area (Å²) in [5.41, 5.74) is 5.71. The van der Waals surface area contributed by atoms with E-state index in [1.165, 1.54) is 6.26 Å². The summed E-state index contributed by atoms with van der Waals surface area (Å²) in [6.45, 7) is 0. The van der Waals surface area contributed by atoms with Gasteiger partial charge in [-0.2, -0.15) is 0 Å². The molecular formula is C5H6N2O2. The summed E-state index contributed by atoms with van der Waals surface area (Å²) in [5, 5.41) is 3.46. The third-order valence-electron chi connectivity index (χ3n) is 0.946. The molecule has 4 heteroatoms. The predicted molar refractivity (Wildman–Crippen MR) is 29.5 cm³/mol. The van der Waals surface area contributed by atoms with Crippen molar-refractivity contribution in [3.8, 4) is 0 Å². The maximum atomic E-state index is 10.00. The van der Waals surface area contributed by atoms with Crippen molar-refractivity contribution in [2.75, 3.05) is 0 Å². The van der Waals surface area contributed by atoms with Gasteiger partial charge in [-0.1, -0.05) is 5.16 Å². The quantitative estimate of drug-likeness (QED) is 0.560. The largest absolute Gasteiger partial charge is 0.364 e. The highest BCUT2D eigenvalue weighted by molar-refractivity contribution is 5.59. The molecule has 9 heavy (non-hydrogen) atoms. The maximum Gasteiger partial charge on any atom is 0.142 e. The Hall–Kier alpha value is -1.16. The van der Waals surface area contributed by atoms with Crippen molar-refractivity contribution in [1.82, 2.24) is 5.16 Å². The molecule has 2 N–H and O–H groups in total. The molecule has 0 aliphatic rings. The van der Waals surface area contributed by atoms with E-state index in [4.69, 9.17) is 5.73 Å². The molecule has 1 aromatic rings. The van der Waals surface area contributed by atoms with Crippen molar-refractivity contribution in [2.24, 2.45) is 5.73 Å². The standard InChI is InChI=1S/C5H6N2O2/c6-4(3-8)5-1-2-9-7-5/h1-4H,6H2/t4-/m1/s1. The van der Waals surface area contributed by atoms with Gasteiger partial charge >= 0.3 is 0 Å². The molecule has 0 saturated heterocycles. The SMILES string of the molecule is N[C@H](C=O)c1ccon1. The molecule has 0 spiro atoms. The van der Waals surface area contributed by atoms with E-state index in [0.29, 0.717) is 12.0 Å². The third kappa shape index (κ3) is 1.14. The first-order valence-electron chi connectivity index (χ1n) is 2.45. The molecular weight excluding hydrogens is 120 g/mol. The summed E-state index contributed by atoms with van der Waals surface area (Å²) in [5.74, 6) is 0. The summed E-state index contributed by atoms with van der Waals surface area (Å²) in [6, 6.07) is 0.905. The van der Waals surface area contributed by atoms with Crippen molar-refractivity contribution in [3.63, 3.8) is 0 Å². The number of aromatic nitrogens is 1. The minimum Gasteiger partial charge on any atom is -0.364 e. The van der Waals surface area contributed by atoms with Crippen LogP contribution in [-0.2, 0) is 4.79 Å². The summed E-state index contributed by atoms with van der Waals surface area (Å²) >= 11 is 0. The zero-order chi connectivity index (χ0) is 6.69. The van der Waals surface area contributed by atoms with Crippen LogP contribution in [0.4, 0.5) is 0 Å². The van der Waals surface area contributed by atoms with E-state index in [-0.39, 0.29) is 0 Å². The van der Waals surface area contributed by atoms with Crippen LogP contribution in [0.5, 0.6) is 0 Å². The normalized spacial score (nSPS) is 13.0. The van der Waals surface area contributed by atoms with Crippen molar-refractivity contribution >= 4 is 6.29 Å². The fourth-order valence-electron chi connectivity index (χ4n) is 0.464. The molecule has 1 aromatic heterocycles. The van der Waals surface area contributed by atoms with E-state index in [1.54, 1.807) is 6.07 Å². The molecule has 0 aliphatic carbocycles. The Balaban J connectivity index is 2.76. The van der Waals surface area contributed by atoms with Gasteiger partial charge in [0.05, 0.1) is 0 Å². The second-order valence-electron chi connectivity index (χ2n) is 1.59. The molecule has 0 radical (unpaired) electrons. The lowest BCUT2D eigenvalue weighted by atomic mass is 10.2. The highest BCUT2D eigenvalue weighted by Crippen LogP contribution is 2.01. The van der Waals surface area contributed by atoms with Gasteiger partial charge in [0, 0.05) is 6.07 Å². The topological polar surface area (TPSA) is 69.1 Å². The smallest absolute Gasteiger partial charge is 0.142 e. The molecule has 1 atom stereocenters. The van der Waals surface area contributed by atoms with E-state index in [2.05, 4.69) is 9.68 Å². The highest BCUT2D eigenvalue weighted by atomic mass is 16.5. The van der Waals surface area contributed by atoms with Gasteiger partial charge in [-0.3, -0.25) is 0 Å². The second-order valence-corrected chi connectivity index (χ2v) is 1.59. The van der Waals surface area contributed by atoms with Crippen LogP contribution in [0.25, 0.3) is 0 Å². The summed E-state index contributed by atoms with van der Waals surface area (Å²) < 4.78 is 4.45.